The van der Waals surface area contributed by atoms with Gasteiger partial charge in [0.25, 0.3) is 5.91 Å². The number of amides is 1. The SMILES string of the molecule is Cc1c(C(=O)Nc2cc(C(=O)O)ccc2Cl)ccn1C. The number of carboxylic acid groups (broad SMARTS) is 1. The van der Waals surface area contributed by atoms with Crippen LogP contribution in [0.2, 0.25) is 5.02 Å². The van der Waals surface area contributed by atoms with Gasteiger partial charge in [-0.15, -0.1) is 0 Å². The van der Waals surface area contributed by atoms with Crippen molar-refractivity contribution in [2.75, 3.05) is 5.32 Å². The molecule has 0 fully saturated rings. The first-order valence-corrected chi connectivity index (χ1v) is 6.24. The highest BCUT2D eigenvalue weighted by molar-refractivity contribution is 6.34. The summed E-state index contributed by atoms with van der Waals surface area (Å²) in [6, 6.07) is 5.85. The summed E-state index contributed by atoms with van der Waals surface area (Å²) in [5, 5.41) is 11.9. The maximum atomic E-state index is 12.2. The summed E-state index contributed by atoms with van der Waals surface area (Å²) in [4.78, 5) is 23.1. The van der Waals surface area contributed by atoms with Gasteiger partial charge in [-0.3, -0.25) is 4.79 Å². The second kappa shape index (κ2) is 5.38. The topological polar surface area (TPSA) is 71.3 Å². The lowest BCUT2D eigenvalue weighted by Crippen LogP contribution is -2.13. The number of rotatable bonds is 3. The van der Waals surface area contributed by atoms with Gasteiger partial charge < -0.3 is 15.0 Å². The quantitative estimate of drug-likeness (QED) is 0.913. The highest BCUT2D eigenvalue weighted by Crippen LogP contribution is 2.24. The molecule has 1 amide bonds. The van der Waals surface area contributed by atoms with E-state index < -0.39 is 5.97 Å². The Hall–Kier alpha value is -2.27. The zero-order valence-corrected chi connectivity index (χ0v) is 11.7. The van der Waals surface area contributed by atoms with Gasteiger partial charge >= 0.3 is 5.97 Å². The van der Waals surface area contributed by atoms with Crippen molar-refractivity contribution in [3.05, 3.63) is 52.3 Å². The lowest BCUT2D eigenvalue weighted by Gasteiger charge is -2.08. The molecule has 5 nitrogen and oxygen atoms in total. The zero-order chi connectivity index (χ0) is 14.9. The number of aromatic carboxylic acids is 1. The minimum absolute atomic E-state index is 0.0643. The number of carboxylic acids is 1. The normalized spacial score (nSPS) is 10.3. The van der Waals surface area contributed by atoms with Crippen molar-refractivity contribution in [3.8, 4) is 0 Å². The molecule has 1 aromatic heterocycles. The second-order valence-electron chi connectivity index (χ2n) is 4.38. The van der Waals surface area contributed by atoms with E-state index in [-0.39, 0.29) is 22.2 Å². The molecule has 6 heteroatoms. The Labute approximate surface area is 120 Å². The molecule has 2 rings (SSSR count). The van der Waals surface area contributed by atoms with Crippen LogP contribution < -0.4 is 5.32 Å². The number of benzene rings is 1. The lowest BCUT2D eigenvalue weighted by molar-refractivity contribution is 0.0696. The van der Waals surface area contributed by atoms with Crippen LogP contribution in [0.5, 0.6) is 0 Å². The monoisotopic (exact) mass is 292 g/mol. The molecule has 1 heterocycles. The van der Waals surface area contributed by atoms with E-state index in [1.165, 1.54) is 18.2 Å². The van der Waals surface area contributed by atoms with Crippen LogP contribution in [0, 0.1) is 6.92 Å². The number of anilines is 1. The van der Waals surface area contributed by atoms with Gasteiger partial charge in [0.1, 0.15) is 0 Å². The minimum atomic E-state index is -1.08. The lowest BCUT2D eigenvalue weighted by atomic mass is 10.2. The fraction of sp³-hybridized carbons (Fsp3) is 0.143. The van der Waals surface area contributed by atoms with Gasteiger partial charge in [-0.2, -0.15) is 0 Å². The summed E-state index contributed by atoms with van der Waals surface area (Å²) in [6.07, 6.45) is 1.78. The van der Waals surface area contributed by atoms with Gasteiger partial charge in [0, 0.05) is 18.9 Å². The molecule has 0 radical (unpaired) electrons. The number of carbonyl (C=O) groups is 2. The van der Waals surface area contributed by atoms with Crippen LogP contribution in [0.25, 0.3) is 0 Å². The van der Waals surface area contributed by atoms with Gasteiger partial charge in [-0.1, -0.05) is 11.6 Å². The van der Waals surface area contributed by atoms with Gasteiger partial charge in [0.2, 0.25) is 0 Å². The molecule has 20 heavy (non-hydrogen) atoms. The Kier molecular flexibility index (Phi) is 3.81. The van der Waals surface area contributed by atoms with Crippen molar-refractivity contribution < 1.29 is 14.7 Å². The number of aromatic nitrogens is 1. The fourth-order valence-corrected chi connectivity index (χ4v) is 1.96. The first-order chi connectivity index (χ1) is 9.40. The molecule has 104 valence electrons. The van der Waals surface area contributed by atoms with E-state index in [0.717, 1.165) is 5.69 Å². The van der Waals surface area contributed by atoms with Gasteiger partial charge in [-0.05, 0) is 31.2 Å². The van der Waals surface area contributed by atoms with E-state index in [2.05, 4.69) is 5.32 Å². The van der Waals surface area contributed by atoms with E-state index >= 15 is 0 Å². The highest BCUT2D eigenvalue weighted by atomic mass is 35.5. The number of nitrogens with zero attached hydrogens (tertiary/aromatic N) is 1. The Morgan fingerprint density at radius 3 is 2.55 bits per heavy atom. The molecule has 2 aromatic rings. The van der Waals surface area contributed by atoms with Crippen molar-refractivity contribution in [2.45, 2.75) is 6.92 Å². The number of aryl methyl sites for hydroxylation is 1. The Morgan fingerprint density at radius 2 is 2.00 bits per heavy atom. The first-order valence-electron chi connectivity index (χ1n) is 5.86. The van der Waals surface area contributed by atoms with E-state index in [9.17, 15) is 9.59 Å². The van der Waals surface area contributed by atoms with Crippen LogP contribution >= 0.6 is 11.6 Å². The van der Waals surface area contributed by atoms with Crippen LogP contribution in [-0.4, -0.2) is 21.6 Å². The zero-order valence-electron chi connectivity index (χ0n) is 11.0. The largest absolute Gasteiger partial charge is 0.478 e. The molecule has 2 N–H and O–H groups in total. The molecular formula is C14H13ClN2O3. The second-order valence-corrected chi connectivity index (χ2v) is 4.79. The minimum Gasteiger partial charge on any atom is -0.478 e. The Balaban J connectivity index is 2.30. The molecule has 0 aliphatic rings. The number of hydrogen-bond donors (Lipinski definition) is 2. The summed E-state index contributed by atoms with van der Waals surface area (Å²) in [5.74, 6) is -1.40. The van der Waals surface area contributed by atoms with Crippen LogP contribution in [0.3, 0.4) is 0 Å². The van der Waals surface area contributed by atoms with Crippen LogP contribution in [0.15, 0.2) is 30.5 Å². The maximum absolute atomic E-state index is 12.2. The van der Waals surface area contributed by atoms with Crippen molar-refractivity contribution in [2.24, 2.45) is 7.05 Å². The average Bonchev–Trinajstić information content (AvgIpc) is 2.72. The van der Waals surface area contributed by atoms with Crippen molar-refractivity contribution in [3.63, 3.8) is 0 Å². The van der Waals surface area contributed by atoms with Crippen LogP contribution in [0.1, 0.15) is 26.4 Å². The van der Waals surface area contributed by atoms with Crippen LogP contribution in [-0.2, 0) is 7.05 Å². The maximum Gasteiger partial charge on any atom is 0.335 e. The van der Waals surface area contributed by atoms with Gasteiger partial charge in [-0.25, -0.2) is 4.79 Å². The molecule has 0 saturated heterocycles. The van der Waals surface area contributed by atoms with Crippen molar-refractivity contribution in [1.29, 1.82) is 0 Å². The summed E-state index contributed by atoms with van der Waals surface area (Å²) in [6.45, 7) is 1.82. The smallest absolute Gasteiger partial charge is 0.335 e. The molecule has 1 aromatic carbocycles. The number of carbonyl (C=O) groups excluding carboxylic acids is 1. The predicted octanol–water partition coefficient (Wildman–Crippen LogP) is 2.94. The third-order valence-electron chi connectivity index (χ3n) is 3.09. The van der Waals surface area contributed by atoms with E-state index in [4.69, 9.17) is 16.7 Å². The van der Waals surface area contributed by atoms with E-state index in [1.54, 1.807) is 12.3 Å². The van der Waals surface area contributed by atoms with Crippen molar-refractivity contribution >= 4 is 29.2 Å². The summed E-state index contributed by atoms with van der Waals surface area (Å²) in [5.41, 5.74) is 1.67. The van der Waals surface area contributed by atoms with E-state index in [1.807, 2.05) is 18.5 Å². The van der Waals surface area contributed by atoms with Crippen LogP contribution in [0.4, 0.5) is 5.69 Å². The molecule has 0 unspecified atom stereocenters. The van der Waals surface area contributed by atoms with Gasteiger partial charge in [0.05, 0.1) is 21.8 Å². The van der Waals surface area contributed by atoms with Crippen molar-refractivity contribution in [1.82, 2.24) is 4.57 Å². The molecule has 0 aliphatic carbocycles. The molecule has 0 aliphatic heterocycles. The summed E-state index contributed by atoms with van der Waals surface area (Å²) >= 11 is 5.96. The molecular weight excluding hydrogens is 280 g/mol. The summed E-state index contributed by atoms with van der Waals surface area (Å²) in [7, 11) is 1.84. The first kappa shape index (κ1) is 14.1. The van der Waals surface area contributed by atoms with E-state index in [0.29, 0.717) is 5.56 Å². The third-order valence-corrected chi connectivity index (χ3v) is 3.42. The third kappa shape index (κ3) is 2.67. The average molecular weight is 293 g/mol. The number of halogens is 1. The Bertz CT molecular complexity index is 692. The molecule has 0 bridgehead atoms. The van der Waals surface area contributed by atoms with Gasteiger partial charge in [0.15, 0.2) is 0 Å². The number of hydrogen-bond acceptors (Lipinski definition) is 2. The Morgan fingerprint density at radius 1 is 1.30 bits per heavy atom. The fourth-order valence-electron chi connectivity index (χ4n) is 1.79. The summed E-state index contributed by atoms with van der Waals surface area (Å²) < 4.78 is 1.82. The molecule has 0 spiro atoms. The molecule has 0 saturated carbocycles. The highest BCUT2D eigenvalue weighted by Gasteiger charge is 2.14. The predicted molar refractivity (Wildman–Crippen MR) is 76.5 cm³/mol. The number of nitrogens with one attached hydrogen (secondary N) is 1. The molecule has 0 atom stereocenters. The standard InChI is InChI=1S/C14H13ClN2O3/c1-8-10(5-6-17(8)2)13(18)16-12-7-9(14(19)20)3-4-11(12)15/h3-7H,1-2H3,(H,16,18)(H,19,20).